The zero-order chi connectivity index (χ0) is 15.6. The smallest absolute Gasteiger partial charge is 0.329 e. The molecule has 0 aromatic carbocycles. The van der Waals surface area contributed by atoms with Crippen LogP contribution in [0.2, 0.25) is 0 Å². The van der Waals surface area contributed by atoms with Crippen LogP contribution in [0.4, 0.5) is 18.0 Å². The van der Waals surface area contributed by atoms with Crippen molar-refractivity contribution >= 4 is 6.03 Å². The van der Waals surface area contributed by atoms with Crippen molar-refractivity contribution in [2.45, 2.75) is 46.7 Å². The number of hydrogen-bond acceptors (Lipinski definition) is 1. The van der Waals surface area contributed by atoms with Crippen molar-refractivity contribution in [2.24, 2.45) is 17.3 Å². The molecular weight excluding hydrogens is 269 g/mol. The van der Waals surface area contributed by atoms with E-state index < -0.39 is 18.8 Å². The first-order chi connectivity index (χ1) is 9.10. The summed E-state index contributed by atoms with van der Waals surface area (Å²) in [6.45, 7) is 8.34. The van der Waals surface area contributed by atoms with E-state index in [0.717, 1.165) is 12.8 Å². The van der Waals surface area contributed by atoms with E-state index in [9.17, 15) is 18.0 Å². The molecule has 1 saturated heterocycles. The predicted octanol–water partition coefficient (Wildman–Crippen LogP) is 3.65. The van der Waals surface area contributed by atoms with Crippen LogP contribution in [0.1, 0.15) is 40.5 Å². The summed E-state index contributed by atoms with van der Waals surface area (Å²) in [4.78, 5) is 13.4. The Hall–Kier alpha value is -0.940. The van der Waals surface area contributed by atoms with Crippen molar-refractivity contribution in [3.05, 3.63) is 0 Å². The average Bonchev–Trinajstić information content (AvgIpc) is 2.80. The number of hydrogen-bond donors (Lipinski definition) is 1. The molecular formula is C14H25F3N2O. The maximum absolute atomic E-state index is 12.1. The summed E-state index contributed by atoms with van der Waals surface area (Å²) in [5.41, 5.74) is 0.0970. The number of halogens is 3. The molecule has 2 amide bonds. The number of likely N-dealkylation sites (tertiary alicyclic amines) is 1. The number of urea groups is 1. The molecule has 2 atom stereocenters. The summed E-state index contributed by atoms with van der Waals surface area (Å²) in [6, 6.07) is -0.602. The maximum atomic E-state index is 12.1. The van der Waals surface area contributed by atoms with Gasteiger partial charge in [0.15, 0.2) is 0 Å². The van der Waals surface area contributed by atoms with E-state index in [1.54, 1.807) is 0 Å². The molecule has 1 unspecified atom stereocenters. The highest BCUT2D eigenvalue weighted by atomic mass is 19.4. The Morgan fingerprint density at radius 2 is 1.85 bits per heavy atom. The standard InChI is InChI=1S/C14H25F3N2O/c1-5-10-7-19(8-11(10)13(3,4)6-2)12(20)18-9-14(15,16)17/h10-11H,5-9H2,1-4H3,(H,18,20)/t10-,11?/m1/s1. The van der Waals surface area contributed by atoms with Gasteiger partial charge >= 0.3 is 12.2 Å². The lowest BCUT2D eigenvalue weighted by atomic mass is 9.71. The van der Waals surface area contributed by atoms with Gasteiger partial charge in [-0.05, 0) is 17.3 Å². The average molecular weight is 294 g/mol. The number of carbonyl (C=O) groups excluding carboxylic acids is 1. The summed E-state index contributed by atoms with van der Waals surface area (Å²) in [5.74, 6) is 0.704. The van der Waals surface area contributed by atoms with Crippen molar-refractivity contribution < 1.29 is 18.0 Å². The zero-order valence-electron chi connectivity index (χ0n) is 12.7. The lowest BCUT2D eigenvalue weighted by molar-refractivity contribution is -0.123. The van der Waals surface area contributed by atoms with E-state index in [1.807, 2.05) is 5.32 Å². The topological polar surface area (TPSA) is 32.3 Å². The second-order valence-electron chi connectivity index (χ2n) is 6.30. The fourth-order valence-electron chi connectivity index (χ4n) is 2.89. The van der Waals surface area contributed by atoms with Gasteiger partial charge < -0.3 is 10.2 Å². The van der Waals surface area contributed by atoms with Gasteiger partial charge in [0.1, 0.15) is 6.54 Å². The minimum absolute atomic E-state index is 0.0970. The molecule has 0 aromatic heterocycles. The quantitative estimate of drug-likeness (QED) is 0.843. The molecule has 3 nitrogen and oxygen atoms in total. The summed E-state index contributed by atoms with van der Waals surface area (Å²) < 4.78 is 36.4. The number of alkyl halides is 3. The SMILES string of the molecule is CC[C@@H]1CN(C(=O)NCC(F)(F)F)CC1C(C)(C)CC. The molecule has 0 aliphatic carbocycles. The molecule has 1 heterocycles. The normalized spacial score (nSPS) is 24.1. The highest BCUT2D eigenvalue weighted by molar-refractivity contribution is 5.74. The molecule has 6 heteroatoms. The lowest BCUT2D eigenvalue weighted by Crippen LogP contribution is -2.43. The summed E-state index contributed by atoms with van der Waals surface area (Å²) >= 11 is 0. The fourth-order valence-corrected chi connectivity index (χ4v) is 2.89. The second kappa shape index (κ2) is 6.22. The minimum Gasteiger partial charge on any atom is -0.329 e. The third kappa shape index (κ3) is 4.28. The van der Waals surface area contributed by atoms with E-state index in [-0.39, 0.29) is 5.41 Å². The molecule has 0 spiro atoms. The van der Waals surface area contributed by atoms with E-state index >= 15 is 0 Å². The first-order valence-electron chi connectivity index (χ1n) is 7.20. The van der Waals surface area contributed by atoms with Gasteiger partial charge in [0.05, 0.1) is 0 Å². The maximum Gasteiger partial charge on any atom is 0.405 e. The third-order valence-electron chi connectivity index (χ3n) is 4.61. The molecule has 0 radical (unpaired) electrons. The van der Waals surface area contributed by atoms with E-state index in [0.29, 0.717) is 24.9 Å². The number of nitrogens with one attached hydrogen (secondary N) is 1. The van der Waals surface area contributed by atoms with Crippen molar-refractivity contribution in [1.82, 2.24) is 10.2 Å². The van der Waals surface area contributed by atoms with Gasteiger partial charge in [-0.25, -0.2) is 4.79 Å². The Kier molecular flexibility index (Phi) is 5.33. The van der Waals surface area contributed by atoms with Crippen LogP contribution >= 0.6 is 0 Å². The molecule has 1 N–H and O–H groups in total. The van der Waals surface area contributed by atoms with Crippen molar-refractivity contribution in [1.29, 1.82) is 0 Å². The second-order valence-corrected chi connectivity index (χ2v) is 6.30. The summed E-state index contributed by atoms with van der Waals surface area (Å²) in [5, 5.41) is 1.96. The van der Waals surface area contributed by atoms with Crippen LogP contribution in [-0.4, -0.2) is 36.7 Å². The molecule has 20 heavy (non-hydrogen) atoms. The molecule has 1 rings (SSSR count). The van der Waals surface area contributed by atoms with E-state index in [1.165, 1.54) is 4.90 Å². The number of nitrogens with zero attached hydrogens (tertiary/aromatic N) is 1. The van der Waals surface area contributed by atoms with Gasteiger partial charge in [0, 0.05) is 13.1 Å². The molecule has 1 aliphatic heterocycles. The predicted molar refractivity (Wildman–Crippen MR) is 72.4 cm³/mol. The van der Waals surface area contributed by atoms with Gasteiger partial charge in [0.2, 0.25) is 0 Å². The van der Waals surface area contributed by atoms with Crippen molar-refractivity contribution in [3.63, 3.8) is 0 Å². The molecule has 1 fully saturated rings. The zero-order valence-corrected chi connectivity index (χ0v) is 12.7. The van der Waals surface area contributed by atoms with Crippen LogP contribution in [0.25, 0.3) is 0 Å². The van der Waals surface area contributed by atoms with Crippen LogP contribution in [0.3, 0.4) is 0 Å². The van der Waals surface area contributed by atoms with Crippen molar-refractivity contribution in [2.75, 3.05) is 19.6 Å². The molecule has 0 bridgehead atoms. The highest BCUT2D eigenvalue weighted by Gasteiger charge is 2.42. The largest absolute Gasteiger partial charge is 0.405 e. The lowest BCUT2D eigenvalue weighted by Gasteiger charge is -2.33. The third-order valence-corrected chi connectivity index (χ3v) is 4.61. The molecule has 118 valence electrons. The highest BCUT2D eigenvalue weighted by Crippen LogP contribution is 2.41. The Bertz CT molecular complexity index is 342. The minimum atomic E-state index is -4.36. The Morgan fingerprint density at radius 3 is 2.30 bits per heavy atom. The van der Waals surface area contributed by atoms with Crippen LogP contribution in [0.5, 0.6) is 0 Å². The van der Waals surface area contributed by atoms with Crippen LogP contribution in [-0.2, 0) is 0 Å². The Morgan fingerprint density at radius 1 is 1.25 bits per heavy atom. The van der Waals surface area contributed by atoms with E-state index in [2.05, 4.69) is 27.7 Å². The monoisotopic (exact) mass is 294 g/mol. The van der Waals surface area contributed by atoms with E-state index in [4.69, 9.17) is 0 Å². The van der Waals surface area contributed by atoms with Gasteiger partial charge in [-0.15, -0.1) is 0 Å². The summed E-state index contributed by atoms with van der Waals surface area (Å²) in [7, 11) is 0. The molecule has 1 aliphatic rings. The van der Waals surface area contributed by atoms with Crippen LogP contribution < -0.4 is 5.32 Å². The first kappa shape index (κ1) is 17.1. The number of rotatable bonds is 4. The van der Waals surface area contributed by atoms with Gasteiger partial charge in [-0.3, -0.25) is 0 Å². The molecule has 0 saturated carbocycles. The van der Waals surface area contributed by atoms with Crippen molar-refractivity contribution in [3.8, 4) is 0 Å². The summed E-state index contributed by atoms with van der Waals surface area (Å²) in [6.07, 6.45) is -2.43. The first-order valence-corrected chi connectivity index (χ1v) is 7.20. The van der Waals surface area contributed by atoms with Gasteiger partial charge in [-0.2, -0.15) is 13.2 Å². The van der Waals surface area contributed by atoms with Gasteiger partial charge in [0.25, 0.3) is 0 Å². The van der Waals surface area contributed by atoms with Gasteiger partial charge in [-0.1, -0.05) is 40.5 Å². The number of amides is 2. The Labute approximate surface area is 118 Å². The Balaban J connectivity index is 2.65. The van der Waals surface area contributed by atoms with Crippen LogP contribution in [0.15, 0.2) is 0 Å². The fraction of sp³-hybridized carbons (Fsp3) is 0.929. The molecule has 0 aromatic rings. The van der Waals surface area contributed by atoms with Crippen LogP contribution in [0, 0.1) is 17.3 Å². The number of carbonyl (C=O) groups is 1.